The number of carbonyl (C=O) groups is 1. The van der Waals surface area contributed by atoms with Crippen molar-refractivity contribution in [3.63, 3.8) is 0 Å². The lowest BCUT2D eigenvalue weighted by Crippen LogP contribution is -2.48. The zero-order chi connectivity index (χ0) is 26.9. The molecule has 8 heteroatoms. The van der Waals surface area contributed by atoms with Crippen LogP contribution in [0.15, 0.2) is 77.8 Å². The Bertz CT molecular complexity index is 1590. The highest BCUT2D eigenvalue weighted by Crippen LogP contribution is 2.24. The van der Waals surface area contributed by atoms with E-state index in [0.717, 1.165) is 25.0 Å². The highest BCUT2D eigenvalue weighted by Gasteiger charge is 2.23. The van der Waals surface area contributed by atoms with E-state index in [1.807, 2.05) is 17.0 Å². The molecule has 3 aromatic carbocycles. The first-order valence-electron chi connectivity index (χ1n) is 12.8. The lowest BCUT2D eigenvalue weighted by molar-refractivity contribution is 0.0628. The van der Waals surface area contributed by atoms with Crippen molar-refractivity contribution in [2.75, 3.05) is 30.9 Å². The lowest BCUT2D eigenvalue weighted by atomic mass is 10.0. The summed E-state index contributed by atoms with van der Waals surface area (Å²) in [5.74, 6) is -0.0420. The number of nitrogens with zero attached hydrogens (tertiary/aromatic N) is 3. The normalized spacial score (nSPS) is 14.6. The van der Waals surface area contributed by atoms with Gasteiger partial charge in [-0.2, -0.15) is 0 Å². The van der Waals surface area contributed by atoms with E-state index in [1.165, 1.54) is 28.3 Å². The van der Waals surface area contributed by atoms with Gasteiger partial charge < -0.3 is 4.90 Å². The largest absolute Gasteiger partial charge is 0.336 e. The summed E-state index contributed by atoms with van der Waals surface area (Å²) in [4.78, 5) is 21.7. The number of fused-ring (bicyclic) bond motifs is 1. The first-order valence-corrected chi connectivity index (χ1v) is 14.2. The number of hydrogen-bond acceptors (Lipinski definition) is 5. The van der Waals surface area contributed by atoms with Crippen LogP contribution >= 0.6 is 0 Å². The Labute approximate surface area is 224 Å². The molecule has 0 unspecified atom stereocenters. The predicted molar refractivity (Wildman–Crippen MR) is 151 cm³/mol. The first-order chi connectivity index (χ1) is 18.2. The van der Waals surface area contributed by atoms with Gasteiger partial charge in [0, 0.05) is 55.6 Å². The summed E-state index contributed by atoms with van der Waals surface area (Å²) in [6.07, 6.45) is 1.58. The second-order valence-corrected chi connectivity index (χ2v) is 11.6. The third-order valence-electron chi connectivity index (χ3n) is 7.28. The molecule has 0 atom stereocenters. The number of para-hydroxylation sites is 1. The van der Waals surface area contributed by atoms with Gasteiger partial charge in [-0.3, -0.25) is 19.4 Å². The SMILES string of the molecule is Cc1cc(C)c(CN2CCN(C(=O)c3ccc(NS(=O)(=O)c4cccc5cccnc45)cc3)CC2)cc1C. The van der Waals surface area contributed by atoms with Crippen LogP contribution in [0, 0.1) is 20.8 Å². The minimum absolute atomic E-state index is 0.0420. The van der Waals surface area contributed by atoms with Gasteiger partial charge in [-0.15, -0.1) is 0 Å². The van der Waals surface area contributed by atoms with Crippen LogP contribution in [0.5, 0.6) is 0 Å². The van der Waals surface area contributed by atoms with E-state index in [0.29, 0.717) is 29.9 Å². The molecular formula is C30H32N4O3S. The monoisotopic (exact) mass is 528 g/mol. The van der Waals surface area contributed by atoms with Crippen molar-refractivity contribution in [1.29, 1.82) is 0 Å². The quantitative estimate of drug-likeness (QED) is 0.384. The maximum Gasteiger partial charge on any atom is 0.264 e. The van der Waals surface area contributed by atoms with Gasteiger partial charge in [0.15, 0.2) is 0 Å². The fourth-order valence-electron chi connectivity index (χ4n) is 4.91. The van der Waals surface area contributed by atoms with Crippen molar-refractivity contribution >= 4 is 32.5 Å². The van der Waals surface area contributed by atoms with Gasteiger partial charge in [0.2, 0.25) is 0 Å². The Balaban J connectivity index is 1.21. The van der Waals surface area contributed by atoms with Gasteiger partial charge >= 0.3 is 0 Å². The topological polar surface area (TPSA) is 82.6 Å². The molecule has 7 nitrogen and oxygen atoms in total. The van der Waals surface area contributed by atoms with Gasteiger partial charge in [-0.05, 0) is 79.4 Å². The zero-order valence-corrected chi connectivity index (χ0v) is 22.8. The number of piperazine rings is 1. The van der Waals surface area contributed by atoms with Crippen LogP contribution in [0.25, 0.3) is 10.9 Å². The Morgan fingerprint density at radius 2 is 1.55 bits per heavy atom. The van der Waals surface area contributed by atoms with E-state index in [-0.39, 0.29) is 10.8 Å². The number of amides is 1. The van der Waals surface area contributed by atoms with Crippen LogP contribution in [-0.4, -0.2) is 55.3 Å². The number of carbonyl (C=O) groups excluding carboxylic acids is 1. The summed E-state index contributed by atoms with van der Waals surface area (Å²) in [6.45, 7) is 10.3. The number of rotatable bonds is 6. The molecule has 5 rings (SSSR count). The second kappa shape index (κ2) is 10.6. The highest BCUT2D eigenvalue weighted by atomic mass is 32.2. The molecule has 4 aromatic rings. The summed E-state index contributed by atoms with van der Waals surface area (Å²) in [5.41, 5.74) is 6.61. The van der Waals surface area contributed by atoms with E-state index in [1.54, 1.807) is 42.6 Å². The average molecular weight is 529 g/mol. The van der Waals surface area contributed by atoms with Crippen LogP contribution in [0.3, 0.4) is 0 Å². The molecule has 2 heterocycles. The van der Waals surface area contributed by atoms with Gasteiger partial charge in [-0.1, -0.05) is 30.3 Å². The molecule has 1 fully saturated rings. The number of nitrogens with one attached hydrogen (secondary N) is 1. The van der Waals surface area contributed by atoms with Crippen molar-refractivity contribution in [3.05, 3.63) is 101 Å². The molecule has 1 amide bonds. The summed E-state index contributed by atoms with van der Waals surface area (Å²) in [7, 11) is -3.85. The molecule has 0 saturated carbocycles. The van der Waals surface area contributed by atoms with Crippen LogP contribution in [0.4, 0.5) is 5.69 Å². The maximum absolute atomic E-state index is 13.1. The molecule has 1 N–H and O–H groups in total. The summed E-state index contributed by atoms with van der Waals surface area (Å²) in [5, 5.41) is 0.750. The molecule has 0 aliphatic carbocycles. The van der Waals surface area contributed by atoms with Crippen molar-refractivity contribution in [1.82, 2.24) is 14.8 Å². The van der Waals surface area contributed by atoms with E-state index < -0.39 is 10.0 Å². The number of pyridine rings is 1. The smallest absolute Gasteiger partial charge is 0.264 e. The Kier molecular flexibility index (Phi) is 7.19. The van der Waals surface area contributed by atoms with Crippen LogP contribution in [0.2, 0.25) is 0 Å². The third-order valence-corrected chi connectivity index (χ3v) is 8.69. The van der Waals surface area contributed by atoms with E-state index in [2.05, 4.69) is 47.5 Å². The highest BCUT2D eigenvalue weighted by molar-refractivity contribution is 7.93. The van der Waals surface area contributed by atoms with E-state index >= 15 is 0 Å². The van der Waals surface area contributed by atoms with Crippen LogP contribution in [0.1, 0.15) is 32.6 Å². The standard InChI is InChI=1S/C30H32N4O3S/c1-21-18-23(3)26(19-22(21)2)20-33-14-16-34(17-15-33)30(35)25-9-11-27(12-10-25)32-38(36,37)28-8-4-6-24-7-5-13-31-29(24)28/h4-13,18-19,32H,14-17,20H2,1-3H3. The van der Waals surface area contributed by atoms with E-state index in [4.69, 9.17) is 0 Å². The fourth-order valence-corrected chi connectivity index (χ4v) is 6.15. The van der Waals surface area contributed by atoms with Crippen LogP contribution in [-0.2, 0) is 16.6 Å². The van der Waals surface area contributed by atoms with Gasteiger partial charge in [-0.25, -0.2) is 8.42 Å². The Hall–Kier alpha value is -3.75. The van der Waals surface area contributed by atoms with Gasteiger partial charge in [0.25, 0.3) is 15.9 Å². The number of hydrogen-bond donors (Lipinski definition) is 1. The van der Waals surface area contributed by atoms with Crippen molar-refractivity contribution in [3.8, 4) is 0 Å². The molecule has 1 saturated heterocycles. The second-order valence-electron chi connectivity index (χ2n) is 9.95. The van der Waals surface area contributed by atoms with Crippen molar-refractivity contribution < 1.29 is 13.2 Å². The fraction of sp³-hybridized carbons (Fsp3) is 0.267. The molecule has 1 aromatic heterocycles. The summed E-state index contributed by atoms with van der Waals surface area (Å²) < 4.78 is 28.8. The summed E-state index contributed by atoms with van der Waals surface area (Å²) in [6, 6.07) is 19.8. The Morgan fingerprint density at radius 3 is 2.29 bits per heavy atom. The molecule has 38 heavy (non-hydrogen) atoms. The number of benzene rings is 3. The summed E-state index contributed by atoms with van der Waals surface area (Å²) >= 11 is 0. The van der Waals surface area contributed by atoms with Gasteiger partial charge in [0.1, 0.15) is 4.90 Å². The van der Waals surface area contributed by atoms with E-state index in [9.17, 15) is 13.2 Å². The van der Waals surface area contributed by atoms with Crippen molar-refractivity contribution in [2.45, 2.75) is 32.2 Å². The molecule has 0 spiro atoms. The molecule has 1 aliphatic rings. The average Bonchev–Trinajstić information content (AvgIpc) is 2.91. The maximum atomic E-state index is 13.1. The van der Waals surface area contributed by atoms with Crippen LogP contribution < -0.4 is 4.72 Å². The predicted octanol–water partition coefficient (Wildman–Crippen LogP) is 4.92. The first kappa shape index (κ1) is 25.9. The molecule has 0 bridgehead atoms. The van der Waals surface area contributed by atoms with Gasteiger partial charge in [0.05, 0.1) is 5.52 Å². The number of sulfonamides is 1. The molecule has 196 valence electrons. The number of aromatic nitrogens is 1. The lowest BCUT2D eigenvalue weighted by Gasteiger charge is -2.35. The number of aryl methyl sites for hydroxylation is 3. The molecule has 1 aliphatic heterocycles. The zero-order valence-electron chi connectivity index (χ0n) is 21.9. The Morgan fingerprint density at radius 1 is 0.868 bits per heavy atom. The minimum Gasteiger partial charge on any atom is -0.336 e. The number of anilines is 1. The van der Waals surface area contributed by atoms with Crippen molar-refractivity contribution in [2.24, 2.45) is 0 Å². The molecular weight excluding hydrogens is 496 g/mol. The third kappa shape index (κ3) is 5.42. The minimum atomic E-state index is -3.85. The molecule has 0 radical (unpaired) electrons.